The predicted octanol–water partition coefficient (Wildman–Crippen LogP) is 2.70. The summed E-state index contributed by atoms with van der Waals surface area (Å²) in [6.45, 7) is 1.73. The van der Waals surface area contributed by atoms with Crippen molar-refractivity contribution in [3.8, 4) is 11.3 Å². The van der Waals surface area contributed by atoms with Gasteiger partial charge in [0.15, 0.2) is 0 Å². The lowest BCUT2D eigenvalue weighted by Crippen LogP contribution is -2.21. The number of pyridine rings is 1. The summed E-state index contributed by atoms with van der Waals surface area (Å²) in [4.78, 5) is 31.1. The summed E-state index contributed by atoms with van der Waals surface area (Å²) < 4.78 is 9.77. The first-order valence-electron chi connectivity index (χ1n) is 7.36. The van der Waals surface area contributed by atoms with Gasteiger partial charge in [-0.05, 0) is 6.92 Å². The Labute approximate surface area is 141 Å². The second-order valence-electron chi connectivity index (χ2n) is 5.40. The largest absolute Gasteiger partial charge is 0.465 e. The van der Waals surface area contributed by atoms with Crippen molar-refractivity contribution < 1.29 is 19.1 Å². The van der Waals surface area contributed by atoms with Crippen LogP contribution in [-0.2, 0) is 9.47 Å². The molecule has 1 aromatic carbocycles. The maximum atomic E-state index is 12.4. The van der Waals surface area contributed by atoms with Crippen LogP contribution in [0, 0.1) is 6.92 Å². The molecule has 0 aliphatic heterocycles. The quantitative estimate of drug-likeness (QED) is 0.804. The average Bonchev–Trinajstić information content (AvgIpc) is 2.60. The van der Waals surface area contributed by atoms with Crippen LogP contribution in [-0.4, -0.2) is 45.2 Å². The van der Waals surface area contributed by atoms with Crippen LogP contribution in [0.1, 0.15) is 26.3 Å². The Bertz CT molecular complexity index is 770. The fourth-order valence-electron chi connectivity index (χ4n) is 2.56. The number of hydrogen-bond donors (Lipinski definition) is 0. The normalized spacial score (nSPS) is 10.2. The summed E-state index contributed by atoms with van der Waals surface area (Å²) in [5.74, 6) is -0.646. The third kappa shape index (κ3) is 3.08. The number of carbonyl (C=O) groups excluding carboxylic acids is 2. The molecule has 0 unspecified atom stereocenters. The molecule has 0 bridgehead atoms. The van der Waals surface area contributed by atoms with Crippen molar-refractivity contribution in [3.05, 3.63) is 47.0 Å². The van der Waals surface area contributed by atoms with E-state index in [0.717, 1.165) is 0 Å². The van der Waals surface area contributed by atoms with E-state index in [2.05, 4.69) is 4.98 Å². The van der Waals surface area contributed by atoms with Crippen LogP contribution in [0.3, 0.4) is 0 Å². The van der Waals surface area contributed by atoms with E-state index in [9.17, 15) is 9.59 Å². The number of aromatic nitrogens is 1. The second kappa shape index (κ2) is 7.12. The Hall–Kier alpha value is -2.89. The standard InChI is InChI=1S/C18H20N2O4/c1-11-13(17(21)23-4)14(18(22)24-5)15(19-16(11)20(2)3)12-9-7-6-8-10-12/h6-10H,1-5H3. The summed E-state index contributed by atoms with van der Waals surface area (Å²) >= 11 is 0. The molecule has 6 heteroatoms. The number of methoxy groups -OCH3 is 2. The van der Waals surface area contributed by atoms with Crippen LogP contribution >= 0.6 is 0 Å². The van der Waals surface area contributed by atoms with Gasteiger partial charge in [0.25, 0.3) is 0 Å². The third-order valence-electron chi connectivity index (χ3n) is 3.66. The van der Waals surface area contributed by atoms with Crippen molar-refractivity contribution in [1.29, 1.82) is 0 Å². The molecule has 6 nitrogen and oxygen atoms in total. The number of anilines is 1. The monoisotopic (exact) mass is 328 g/mol. The van der Waals surface area contributed by atoms with Crippen molar-refractivity contribution in [2.45, 2.75) is 6.92 Å². The van der Waals surface area contributed by atoms with Gasteiger partial charge in [0, 0.05) is 25.2 Å². The van der Waals surface area contributed by atoms with E-state index in [4.69, 9.17) is 9.47 Å². The van der Waals surface area contributed by atoms with Gasteiger partial charge in [-0.1, -0.05) is 30.3 Å². The smallest absolute Gasteiger partial charge is 0.340 e. The molecule has 0 saturated carbocycles. The first kappa shape index (κ1) is 17.5. The Morgan fingerprint density at radius 2 is 1.50 bits per heavy atom. The third-order valence-corrected chi connectivity index (χ3v) is 3.66. The van der Waals surface area contributed by atoms with Crippen LogP contribution in [0.25, 0.3) is 11.3 Å². The highest BCUT2D eigenvalue weighted by atomic mass is 16.5. The van der Waals surface area contributed by atoms with E-state index in [1.54, 1.807) is 11.8 Å². The lowest BCUT2D eigenvalue weighted by Gasteiger charge is -2.21. The van der Waals surface area contributed by atoms with Crippen molar-refractivity contribution in [3.63, 3.8) is 0 Å². The molecule has 2 aromatic rings. The fraction of sp³-hybridized carbons (Fsp3) is 0.278. The van der Waals surface area contributed by atoms with Gasteiger partial charge in [-0.2, -0.15) is 0 Å². The predicted molar refractivity (Wildman–Crippen MR) is 91.4 cm³/mol. The zero-order chi connectivity index (χ0) is 17.9. The van der Waals surface area contributed by atoms with Gasteiger partial charge in [0.2, 0.25) is 0 Å². The SMILES string of the molecule is COC(=O)c1c(-c2ccccc2)nc(N(C)C)c(C)c1C(=O)OC. The molecule has 24 heavy (non-hydrogen) atoms. The van der Waals surface area contributed by atoms with Crippen molar-refractivity contribution in [2.75, 3.05) is 33.2 Å². The number of hydrogen-bond acceptors (Lipinski definition) is 6. The molecule has 0 N–H and O–H groups in total. The molecule has 0 radical (unpaired) electrons. The van der Waals surface area contributed by atoms with Gasteiger partial charge in [-0.15, -0.1) is 0 Å². The van der Waals surface area contributed by atoms with E-state index in [-0.39, 0.29) is 11.1 Å². The van der Waals surface area contributed by atoms with Gasteiger partial charge < -0.3 is 14.4 Å². The lowest BCUT2D eigenvalue weighted by molar-refractivity contribution is 0.0554. The minimum Gasteiger partial charge on any atom is -0.465 e. The molecule has 1 aromatic heterocycles. The van der Waals surface area contributed by atoms with E-state index in [0.29, 0.717) is 22.6 Å². The molecular formula is C18H20N2O4. The number of rotatable bonds is 4. The minimum absolute atomic E-state index is 0.110. The van der Waals surface area contributed by atoms with Crippen molar-refractivity contribution >= 4 is 17.8 Å². The van der Waals surface area contributed by atoms with Gasteiger partial charge in [0.1, 0.15) is 11.4 Å². The Kier molecular flexibility index (Phi) is 5.18. The van der Waals surface area contributed by atoms with Crippen molar-refractivity contribution in [1.82, 2.24) is 4.98 Å². The highest BCUT2D eigenvalue weighted by molar-refractivity contribution is 6.08. The van der Waals surface area contributed by atoms with Crippen LogP contribution in [0.5, 0.6) is 0 Å². The maximum absolute atomic E-state index is 12.4. The lowest BCUT2D eigenvalue weighted by atomic mass is 9.96. The number of benzene rings is 1. The van der Waals surface area contributed by atoms with Crippen LogP contribution in [0.4, 0.5) is 5.82 Å². The van der Waals surface area contributed by atoms with Crippen LogP contribution in [0.2, 0.25) is 0 Å². The van der Waals surface area contributed by atoms with E-state index >= 15 is 0 Å². The highest BCUT2D eigenvalue weighted by Crippen LogP contribution is 2.32. The maximum Gasteiger partial charge on any atom is 0.340 e. The first-order chi connectivity index (χ1) is 11.4. The molecule has 0 saturated heterocycles. The van der Waals surface area contributed by atoms with E-state index in [1.807, 2.05) is 44.4 Å². The van der Waals surface area contributed by atoms with Gasteiger partial charge in [-0.25, -0.2) is 14.6 Å². The summed E-state index contributed by atoms with van der Waals surface area (Å²) in [6, 6.07) is 9.19. The zero-order valence-corrected chi connectivity index (χ0v) is 14.4. The molecule has 126 valence electrons. The molecule has 2 rings (SSSR count). The molecule has 1 heterocycles. The Balaban J connectivity index is 2.93. The molecule has 0 atom stereocenters. The molecule has 0 aliphatic carbocycles. The summed E-state index contributed by atoms with van der Waals surface area (Å²) in [6.07, 6.45) is 0. The number of carbonyl (C=O) groups is 2. The topological polar surface area (TPSA) is 68.7 Å². The molecule has 0 aliphatic rings. The first-order valence-corrected chi connectivity index (χ1v) is 7.36. The number of esters is 2. The highest BCUT2D eigenvalue weighted by Gasteiger charge is 2.29. The number of ether oxygens (including phenoxy) is 2. The second-order valence-corrected chi connectivity index (χ2v) is 5.40. The zero-order valence-electron chi connectivity index (χ0n) is 14.4. The molecule has 0 amide bonds. The van der Waals surface area contributed by atoms with E-state index < -0.39 is 11.9 Å². The summed E-state index contributed by atoms with van der Waals surface area (Å²) in [5, 5.41) is 0. The Morgan fingerprint density at radius 1 is 0.958 bits per heavy atom. The average molecular weight is 328 g/mol. The molecular weight excluding hydrogens is 308 g/mol. The van der Waals surface area contributed by atoms with Gasteiger partial charge in [0.05, 0.1) is 25.5 Å². The summed E-state index contributed by atoms with van der Waals surface area (Å²) in [7, 11) is 6.19. The Morgan fingerprint density at radius 3 is 2.00 bits per heavy atom. The molecule has 0 spiro atoms. The summed E-state index contributed by atoms with van der Waals surface area (Å²) in [5.41, 5.74) is 1.94. The van der Waals surface area contributed by atoms with Gasteiger partial charge >= 0.3 is 11.9 Å². The van der Waals surface area contributed by atoms with Crippen molar-refractivity contribution in [2.24, 2.45) is 0 Å². The fourth-order valence-corrected chi connectivity index (χ4v) is 2.56. The van der Waals surface area contributed by atoms with Gasteiger partial charge in [-0.3, -0.25) is 0 Å². The van der Waals surface area contributed by atoms with Crippen LogP contribution < -0.4 is 4.90 Å². The minimum atomic E-state index is -0.629. The molecule has 0 fully saturated rings. The van der Waals surface area contributed by atoms with E-state index in [1.165, 1.54) is 14.2 Å². The number of nitrogens with zero attached hydrogens (tertiary/aromatic N) is 2. The van der Waals surface area contributed by atoms with Crippen LogP contribution in [0.15, 0.2) is 30.3 Å².